The van der Waals surface area contributed by atoms with Crippen molar-refractivity contribution in [1.82, 2.24) is 20.3 Å². The molecule has 39 heavy (non-hydrogen) atoms. The average Bonchev–Trinajstić information content (AvgIpc) is 2.98. The van der Waals surface area contributed by atoms with Gasteiger partial charge in [-0.2, -0.15) is 0 Å². The Morgan fingerprint density at radius 1 is 1.28 bits per heavy atom. The van der Waals surface area contributed by atoms with Gasteiger partial charge in [-0.3, -0.25) is 29.9 Å². The van der Waals surface area contributed by atoms with Crippen LogP contribution in [-0.4, -0.2) is 119 Å². The molecular weight excluding hydrogens is 518 g/mol. The Hall–Kier alpha value is -3.39. The van der Waals surface area contributed by atoms with E-state index in [-0.39, 0.29) is 6.54 Å². The van der Waals surface area contributed by atoms with Gasteiger partial charge in [0.25, 0.3) is 5.91 Å². The number of rotatable bonds is 14. The largest absolute Gasteiger partial charge is 0.378 e. The maximum absolute atomic E-state index is 11.7. The number of carbonyl (C=O) groups excluding carboxylic acids is 1. The molecule has 2 aromatic rings. The van der Waals surface area contributed by atoms with E-state index in [1.165, 1.54) is 6.21 Å². The second-order valence-electron chi connectivity index (χ2n) is 9.00. The third kappa shape index (κ3) is 8.30. The van der Waals surface area contributed by atoms with E-state index in [0.29, 0.717) is 63.4 Å². The number of nitrogens with zero attached hydrogens (tertiary/aromatic N) is 8. The number of morpholine rings is 1. The van der Waals surface area contributed by atoms with Crippen LogP contribution in [0.3, 0.4) is 0 Å². The summed E-state index contributed by atoms with van der Waals surface area (Å²) in [6, 6.07) is 8.18. The van der Waals surface area contributed by atoms with Crippen molar-refractivity contribution in [3.63, 3.8) is 0 Å². The first-order chi connectivity index (χ1) is 18.9. The average molecular weight is 556 g/mol. The van der Waals surface area contributed by atoms with E-state index in [2.05, 4.69) is 45.4 Å². The molecule has 1 fully saturated rings. The standard InChI is InChI=1S/C26H37N9O3S/c1-27-16-20(26(36)32-37)17-29-18-33(3)9-10-34(4)24-22(28-2)25(35-11-13-38-14-12-35)31-23(30-24)19-7-6-8-21(15-19)39-5/h6-8,15,17,20,37H,1-2,9-14,16,18H2,3-5H3,(H,32,36)/b29-17-. The Morgan fingerprint density at radius 2 is 2.05 bits per heavy atom. The van der Waals surface area contributed by atoms with Gasteiger partial charge in [0.15, 0.2) is 17.5 Å². The fourth-order valence-corrected chi connectivity index (χ4v) is 4.42. The molecule has 0 spiro atoms. The highest BCUT2D eigenvalue weighted by molar-refractivity contribution is 7.98. The molecule has 2 N–H and O–H groups in total. The first kappa shape index (κ1) is 30.2. The molecule has 1 amide bonds. The number of amides is 1. The lowest BCUT2D eigenvalue weighted by Crippen LogP contribution is -2.37. The minimum absolute atomic E-state index is 0.140. The molecule has 0 aliphatic carbocycles. The summed E-state index contributed by atoms with van der Waals surface area (Å²) in [5.74, 6) is 0.823. The van der Waals surface area contributed by atoms with Crippen molar-refractivity contribution >= 4 is 54.6 Å². The molecule has 1 aromatic heterocycles. The van der Waals surface area contributed by atoms with Crippen molar-refractivity contribution < 1.29 is 14.7 Å². The van der Waals surface area contributed by atoms with Gasteiger partial charge >= 0.3 is 0 Å². The van der Waals surface area contributed by atoms with Crippen LogP contribution in [0.5, 0.6) is 0 Å². The zero-order chi connectivity index (χ0) is 28.2. The van der Waals surface area contributed by atoms with Gasteiger partial charge in [-0.1, -0.05) is 12.1 Å². The summed E-state index contributed by atoms with van der Waals surface area (Å²) in [5.41, 5.74) is 3.20. The van der Waals surface area contributed by atoms with Crippen LogP contribution < -0.4 is 15.3 Å². The zero-order valence-electron chi connectivity index (χ0n) is 22.8. The summed E-state index contributed by atoms with van der Waals surface area (Å²) in [4.78, 5) is 41.4. The van der Waals surface area contributed by atoms with Crippen molar-refractivity contribution in [2.45, 2.75) is 4.90 Å². The number of hydrogen-bond donors (Lipinski definition) is 2. The lowest BCUT2D eigenvalue weighted by Gasteiger charge is -2.31. The van der Waals surface area contributed by atoms with Crippen molar-refractivity contribution in [2.75, 3.05) is 82.8 Å². The zero-order valence-corrected chi connectivity index (χ0v) is 23.6. The molecule has 1 aliphatic rings. The molecule has 3 rings (SSSR count). The summed E-state index contributed by atoms with van der Waals surface area (Å²) in [6.45, 7) is 11.7. The highest BCUT2D eigenvalue weighted by Gasteiger charge is 2.23. The van der Waals surface area contributed by atoms with Crippen molar-refractivity contribution in [1.29, 1.82) is 0 Å². The predicted octanol–water partition coefficient (Wildman–Crippen LogP) is 2.25. The highest BCUT2D eigenvalue weighted by atomic mass is 32.2. The number of benzene rings is 1. The highest BCUT2D eigenvalue weighted by Crippen LogP contribution is 2.37. The molecule has 13 heteroatoms. The summed E-state index contributed by atoms with van der Waals surface area (Å²) >= 11 is 1.67. The predicted molar refractivity (Wildman–Crippen MR) is 159 cm³/mol. The molecule has 1 atom stereocenters. The number of likely N-dealkylation sites (N-methyl/N-ethyl adjacent to an activating group) is 2. The maximum Gasteiger partial charge on any atom is 0.253 e. The van der Waals surface area contributed by atoms with Gasteiger partial charge in [0, 0.05) is 49.9 Å². The summed E-state index contributed by atoms with van der Waals surface area (Å²) in [7, 11) is 3.90. The number of aliphatic imine (C=N–C) groups is 3. The van der Waals surface area contributed by atoms with Gasteiger partial charge in [0.1, 0.15) is 5.69 Å². The molecule has 1 saturated heterocycles. The number of hydrogen-bond acceptors (Lipinski definition) is 12. The smallest absolute Gasteiger partial charge is 0.253 e. The minimum atomic E-state index is -0.674. The molecule has 2 heterocycles. The van der Waals surface area contributed by atoms with E-state index in [1.54, 1.807) is 17.2 Å². The van der Waals surface area contributed by atoms with E-state index < -0.39 is 11.8 Å². The van der Waals surface area contributed by atoms with E-state index >= 15 is 0 Å². The minimum Gasteiger partial charge on any atom is -0.378 e. The lowest BCUT2D eigenvalue weighted by molar-refractivity contribution is -0.130. The van der Waals surface area contributed by atoms with Crippen LogP contribution in [0.1, 0.15) is 0 Å². The molecule has 0 saturated carbocycles. The van der Waals surface area contributed by atoms with Gasteiger partial charge in [-0.05, 0) is 38.9 Å². The normalized spacial score (nSPS) is 14.4. The Morgan fingerprint density at radius 3 is 2.72 bits per heavy atom. The van der Waals surface area contributed by atoms with E-state index in [4.69, 9.17) is 19.9 Å². The summed E-state index contributed by atoms with van der Waals surface area (Å²) in [6.07, 6.45) is 3.52. The van der Waals surface area contributed by atoms with Gasteiger partial charge in [0.2, 0.25) is 0 Å². The molecule has 0 bridgehead atoms. The summed E-state index contributed by atoms with van der Waals surface area (Å²) < 4.78 is 5.56. The molecule has 1 aliphatic heterocycles. The fourth-order valence-electron chi connectivity index (χ4n) is 3.96. The Kier molecular flexibility index (Phi) is 11.8. The Balaban J connectivity index is 1.82. The first-order valence-corrected chi connectivity index (χ1v) is 13.8. The van der Waals surface area contributed by atoms with Crippen LogP contribution in [0, 0.1) is 5.92 Å². The SMILES string of the molecule is C=NCC(/C=N\CN(C)CCN(C)c1nc(-c2cccc(SC)c2)nc(N2CCOCC2)c1N=C)C(=O)NO. The third-order valence-corrected chi connectivity index (χ3v) is 6.93. The molecule has 12 nitrogen and oxygen atoms in total. The van der Waals surface area contributed by atoms with Crippen LogP contribution in [0.2, 0.25) is 0 Å². The third-order valence-electron chi connectivity index (χ3n) is 6.20. The molecule has 1 aromatic carbocycles. The fraction of sp³-hybridized carbons (Fsp3) is 0.462. The quantitative estimate of drug-likeness (QED) is 0.156. The lowest BCUT2D eigenvalue weighted by atomic mass is 10.1. The monoisotopic (exact) mass is 555 g/mol. The number of ether oxygens (including phenoxy) is 1. The molecule has 1 unspecified atom stereocenters. The maximum atomic E-state index is 11.7. The molecule has 0 radical (unpaired) electrons. The number of nitrogens with one attached hydrogen (secondary N) is 1. The second kappa shape index (κ2) is 15.3. The van der Waals surface area contributed by atoms with Crippen LogP contribution in [0.15, 0.2) is 44.1 Å². The molecule has 210 valence electrons. The van der Waals surface area contributed by atoms with Gasteiger partial charge in [-0.15, -0.1) is 11.8 Å². The van der Waals surface area contributed by atoms with Crippen LogP contribution in [-0.2, 0) is 9.53 Å². The van der Waals surface area contributed by atoms with Gasteiger partial charge in [-0.25, -0.2) is 15.4 Å². The Bertz CT molecular complexity index is 1160. The van der Waals surface area contributed by atoms with Crippen LogP contribution >= 0.6 is 11.8 Å². The number of aromatic nitrogens is 2. The van der Waals surface area contributed by atoms with Crippen LogP contribution in [0.25, 0.3) is 11.4 Å². The van der Waals surface area contributed by atoms with Gasteiger partial charge in [0.05, 0.1) is 32.3 Å². The second-order valence-corrected chi connectivity index (χ2v) is 9.88. The van der Waals surface area contributed by atoms with E-state index in [1.807, 2.05) is 42.3 Å². The summed E-state index contributed by atoms with van der Waals surface area (Å²) in [5, 5.41) is 8.89. The van der Waals surface area contributed by atoms with E-state index in [0.717, 1.165) is 16.3 Å². The number of thioether (sulfide) groups is 1. The van der Waals surface area contributed by atoms with Crippen molar-refractivity contribution in [2.24, 2.45) is 20.9 Å². The first-order valence-electron chi connectivity index (χ1n) is 12.5. The van der Waals surface area contributed by atoms with Crippen molar-refractivity contribution in [3.05, 3.63) is 24.3 Å². The van der Waals surface area contributed by atoms with Crippen LogP contribution in [0.4, 0.5) is 17.3 Å². The number of hydroxylamine groups is 1. The van der Waals surface area contributed by atoms with Gasteiger partial charge < -0.3 is 14.5 Å². The Labute approximate surface area is 233 Å². The molecular formula is C26H37N9O3S. The number of anilines is 2. The number of carbonyl (C=O) groups is 1. The van der Waals surface area contributed by atoms with Crippen molar-refractivity contribution in [3.8, 4) is 11.4 Å². The van der Waals surface area contributed by atoms with E-state index in [9.17, 15) is 4.79 Å². The topological polar surface area (TPSA) is 131 Å².